The molecule has 1 radical (unpaired) electrons. The van der Waals surface area contributed by atoms with Crippen molar-refractivity contribution in [2.45, 2.75) is 56.4 Å². The smallest absolute Gasteiger partial charge is 0.543 e. The molecule has 18 nitrogen and oxygen atoms in total. The molecule has 4 aromatic heterocycles. The Balaban J connectivity index is 0.000000344. The summed E-state index contributed by atoms with van der Waals surface area (Å²) in [6.45, 7) is 2.15. The molecule has 1 fully saturated rings. The standard InChI is InChI=1S/C21H27N5O4S.3C6H5NO2.Cr/c1-15-13-24-19(14-23-15)20(27)22-12-11-16-7-9-18(10-8-16)31(29,30)26-21(28)25-17-5-3-2-4-6-17;3*8-6(9)5-3-1-2-4-7-5;/h7-10,13-14,17H,2-6,11-12H2,1H3,(H,22,27)(H2,25,26,28);3*1-4H,(H,8,9);/q;;;;+3/p-3. The summed E-state index contributed by atoms with van der Waals surface area (Å²) in [5.74, 6) is -4.04. The van der Waals surface area contributed by atoms with Gasteiger partial charge in [0.05, 0.1) is 51.8 Å². The molecular weight excluding hydrogens is 825 g/mol. The zero-order valence-electron chi connectivity index (χ0n) is 31.6. The second kappa shape index (κ2) is 25.6. The first-order chi connectivity index (χ1) is 27.7. The van der Waals surface area contributed by atoms with Crippen molar-refractivity contribution in [2.75, 3.05) is 6.54 Å². The van der Waals surface area contributed by atoms with Crippen LogP contribution in [0, 0.1) is 6.92 Å². The summed E-state index contributed by atoms with van der Waals surface area (Å²) in [5, 5.41) is 35.6. The van der Waals surface area contributed by atoms with Crippen LogP contribution < -0.4 is 30.7 Å². The summed E-state index contributed by atoms with van der Waals surface area (Å²) in [5.41, 5.74) is 1.73. The van der Waals surface area contributed by atoms with E-state index in [-0.39, 0.29) is 57.0 Å². The van der Waals surface area contributed by atoms with Crippen LogP contribution in [0.4, 0.5) is 4.79 Å². The Kier molecular flexibility index (Phi) is 21.1. The monoisotopic (exact) mass is 863 g/mol. The Bertz CT molecular complexity index is 2070. The van der Waals surface area contributed by atoms with Gasteiger partial charge in [-0.3, -0.25) is 24.7 Å². The van der Waals surface area contributed by atoms with Crippen molar-refractivity contribution < 1.29 is 65.1 Å². The van der Waals surface area contributed by atoms with Crippen molar-refractivity contribution in [3.05, 3.63) is 144 Å². The van der Waals surface area contributed by atoms with Crippen molar-refractivity contribution in [3.63, 3.8) is 0 Å². The summed E-state index contributed by atoms with van der Waals surface area (Å²) < 4.78 is 26.9. The molecule has 6 rings (SSSR count). The van der Waals surface area contributed by atoms with E-state index >= 15 is 0 Å². The number of carboxylic acid groups (broad SMARTS) is 3. The molecule has 0 unspecified atom stereocenters. The first-order valence-corrected chi connectivity index (χ1v) is 19.1. The fraction of sp³-hybridized carbons (Fsp3) is 0.231. The van der Waals surface area contributed by atoms with Crippen molar-refractivity contribution in [1.29, 1.82) is 0 Å². The third kappa shape index (κ3) is 18.5. The number of aryl methyl sites for hydroxylation is 1. The normalized spacial score (nSPS) is 11.7. The fourth-order valence-electron chi connectivity index (χ4n) is 4.85. The van der Waals surface area contributed by atoms with E-state index in [2.05, 4.69) is 40.3 Å². The van der Waals surface area contributed by atoms with Gasteiger partial charge in [0.15, 0.2) is 0 Å². The van der Waals surface area contributed by atoms with E-state index in [1.165, 1.54) is 61.3 Å². The summed E-state index contributed by atoms with van der Waals surface area (Å²) in [7, 11) is -3.95. The molecule has 0 aliphatic heterocycles. The average molecular weight is 864 g/mol. The van der Waals surface area contributed by atoms with Crippen LogP contribution in [0.2, 0.25) is 0 Å². The van der Waals surface area contributed by atoms with Gasteiger partial charge in [0.1, 0.15) is 5.69 Å². The molecule has 307 valence electrons. The van der Waals surface area contributed by atoms with E-state index in [4.69, 9.17) is 0 Å². The number of nitrogens with one attached hydrogen (secondary N) is 3. The zero-order chi connectivity index (χ0) is 42.3. The van der Waals surface area contributed by atoms with E-state index in [9.17, 15) is 47.7 Å². The van der Waals surface area contributed by atoms with Crippen LogP contribution >= 0.6 is 0 Å². The van der Waals surface area contributed by atoms with Gasteiger partial charge >= 0.3 is 23.4 Å². The molecule has 1 aromatic carbocycles. The Morgan fingerprint density at radius 2 is 1.14 bits per heavy atom. The minimum Gasteiger partial charge on any atom is -0.543 e. The molecule has 20 heteroatoms. The molecule has 3 N–H and O–H groups in total. The van der Waals surface area contributed by atoms with E-state index < -0.39 is 34.0 Å². The maximum atomic E-state index is 12.4. The molecule has 59 heavy (non-hydrogen) atoms. The largest absolute Gasteiger partial charge is 3.00 e. The van der Waals surface area contributed by atoms with Gasteiger partial charge in [0.2, 0.25) is 0 Å². The van der Waals surface area contributed by atoms with Gasteiger partial charge in [-0.1, -0.05) is 49.6 Å². The minimum absolute atomic E-state index is 0. The van der Waals surface area contributed by atoms with Crippen LogP contribution in [0.5, 0.6) is 0 Å². The Morgan fingerprint density at radius 1 is 0.644 bits per heavy atom. The predicted octanol–water partition coefficient (Wildman–Crippen LogP) is 0.411. The van der Waals surface area contributed by atoms with Gasteiger partial charge in [0, 0.05) is 37.4 Å². The van der Waals surface area contributed by atoms with Crippen molar-refractivity contribution >= 4 is 39.9 Å². The number of aromatic carboxylic acids is 3. The quantitative estimate of drug-likeness (QED) is 0.171. The number of carbonyl (C=O) groups excluding carboxylic acids is 5. The van der Waals surface area contributed by atoms with Gasteiger partial charge in [-0.15, -0.1) is 0 Å². The van der Waals surface area contributed by atoms with Crippen LogP contribution in [0.3, 0.4) is 0 Å². The molecule has 0 saturated heterocycles. The summed E-state index contributed by atoms with van der Waals surface area (Å²) in [4.78, 5) is 72.8. The van der Waals surface area contributed by atoms with Crippen molar-refractivity contribution in [3.8, 4) is 0 Å². The number of urea groups is 1. The van der Waals surface area contributed by atoms with Gasteiger partial charge in [0.25, 0.3) is 15.9 Å². The van der Waals surface area contributed by atoms with Crippen LogP contribution in [0.1, 0.15) is 85.3 Å². The molecule has 5 aromatic rings. The van der Waals surface area contributed by atoms with Gasteiger partial charge in [-0.2, -0.15) is 0 Å². The predicted molar refractivity (Wildman–Crippen MR) is 201 cm³/mol. The number of rotatable bonds is 10. The molecule has 0 atom stereocenters. The number of aromatic nitrogens is 5. The number of benzene rings is 1. The molecule has 1 aliphatic rings. The molecule has 3 amide bonds. The topological polar surface area (TPSA) is 289 Å². The number of hydrogen-bond acceptors (Lipinski definition) is 15. The zero-order valence-corrected chi connectivity index (χ0v) is 33.6. The average Bonchev–Trinajstić information content (AvgIpc) is 3.23. The number of amides is 3. The van der Waals surface area contributed by atoms with E-state index in [0.29, 0.717) is 13.0 Å². The minimum atomic E-state index is -3.95. The van der Waals surface area contributed by atoms with Crippen LogP contribution in [-0.2, 0) is 33.8 Å². The number of hydrogen-bond donors (Lipinski definition) is 3. The van der Waals surface area contributed by atoms with Crippen LogP contribution in [-0.4, -0.2) is 75.8 Å². The first kappa shape index (κ1) is 48.5. The van der Waals surface area contributed by atoms with E-state index in [1.54, 1.807) is 55.5 Å². The van der Waals surface area contributed by atoms with Crippen LogP contribution in [0.15, 0.2) is 115 Å². The number of sulfonamides is 1. The summed E-state index contributed by atoms with van der Waals surface area (Å²) in [6, 6.07) is 19.4. The Morgan fingerprint density at radius 3 is 1.53 bits per heavy atom. The second-order valence-electron chi connectivity index (χ2n) is 12.1. The summed E-state index contributed by atoms with van der Waals surface area (Å²) in [6.07, 6.45) is 12.6. The van der Waals surface area contributed by atoms with Crippen LogP contribution in [0.25, 0.3) is 0 Å². The molecule has 0 spiro atoms. The van der Waals surface area contributed by atoms with Gasteiger partial charge in [-0.25, -0.2) is 22.9 Å². The molecular formula is C39H39CrN8O10S. The summed E-state index contributed by atoms with van der Waals surface area (Å²) >= 11 is 0. The fourth-order valence-corrected chi connectivity index (χ4v) is 5.76. The van der Waals surface area contributed by atoms with Crippen molar-refractivity contribution in [1.82, 2.24) is 40.3 Å². The number of pyridine rings is 3. The molecule has 0 bridgehead atoms. The molecule has 4 heterocycles. The third-order valence-electron chi connectivity index (χ3n) is 7.74. The molecule has 1 saturated carbocycles. The second-order valence-corrected chi connectivity index (χ2v) is 13.8. The van der Waals surface area contributed by atoms with Gasteiger partial charge < -0.3 is 40.3 Å². The van der Waals surface area contributed by atoms with Crippen molar-refractivity contribution in [2.24, 2.45) is 0 Å². The van der Waals surface area contributed by atoms with E-state index in [0.717, 1.165) is 43.4 Å². The first-order valence-electron chi connectivity index (χ1n) is 17.6. The van der Waals surface area contributed by atoms with E-state index in [1.807, 2.05) is 0 Å². The number of carbonyl (C=O) groups is 5. The Hall–Kier alpha value is -6.62. The maximum Gasteiger partial charge on any atom is 3.00 e. The maximum absolute atomic E-state index is 12.4. The van der Waals surface area contributed by atoms with Gasteiger partial charge in [-0.05, 0) is 80.3 Å². The number of carboxylic acids is 3. The third-order valence-corrected chi connectivity index (χ3v) is 9.08. The molecule has 1 aliphatic carbocycles. The Labute approximate surface area is 350 Å². The SMILES string of the molecule is Cc1cnc(C(=O)NCCc2ccc(S(=O)(=O)NC(=O)NC3CCCCC3)cc2)cn1.O=C([O-])c1ccccn1.O=C([O-])c1ccccn1.O=C([O-])c1ccccn1.[Cr+3]. The number of nitrogens with zero attached hydrogens (tertiary/aromatic N) is 5.